The van der Waals surface area contributed by atoms with Crippen LogP contribution in [0.25, 0.3) is 0 Å². The molecule has 1 atom stereocenters. The molecule has 0 N–H and O–H groups in total. The number of hydrogen-bond donors (Lipinski definition) is 0. The zero-order valence-corrected chi connectivity index (χ0v) is 17.3. The van der Waals surface area contributed by atoms with Crippen LogP contribution in [0.4, 0.5) is 16.3 Å². The molecule has 2 aliphatic rings. The van der Waals surface area contributed by atoms with Crippen molar-refractivity contribution in [2.75, 3.05) is 29.9 Å². The number of ether oxygens (including phenoxy) is 1. The highest BCUT2D eigenvalue weighted by Gasteiger charge is 2.40. The number of aromatic nitrogens is 1. The maximum Gasteiger partial charge on any atom is 0.410 e. The molecule has 1 aromatic heterocycles. The highest BCUT2D eigenvalue weighted by atomic mass is 35.5. The Morgan fingerprint density at radius 3 is 2.48 bits per heavy atom. The number of nitrogens with zero attached hydrogens (tertiary/aromatic N) is 4. The van der Waals surface area contributed by atoms with Crippen molar-refractivity contribution in [3.05, 3.63) is 17.3 Å². The van der Waals surface area contributed by atoms with Gasteiger partial charge in [0, 0.05) is 26.2 Å². The number of piperidine rings is 1. The Morgan fingerprint density at radius 1 is 1.26 bits per heavy atom. The number of carbonyl (C=O) groups excluding carboxylic acids is 2. The Hall–Kier alpha value is -2.02. The summed E-state index contributed by atoms with van der Waals surface area (Å²) in [5.41, 5.74) is 0.253. The normalized spacial score (nSPS) is 21.3. The lowest BCUT2D eigenvalue weighted by Crippen LogP contribution is -2.57. The number of carbonyl (C=O) groups is 2. The van der Waals surface area contributed by atoms with Crippen molar-refractivity contribution in [1.82, 2.24) is 9.88 Å². The Balaban J connectivity index is 1.78. The first kappa shape index (κ1) is 19.7. The van der Waals surface area contributed by atoms with E-state index in [1.165, 1.54) is 0 Å². The Kier molecular flexibility index (Phi) is 5.25. The number of rotatable bonds is 1. The van der Waals surface area contributed by atoms with Gasteiger partial charge in [0.2, 0.25) is 5.91 Å². The molecule has 3 heterocycles. The zero-order valence-electron chi connectivity index (χ0n) is 16.5. The molecule has 0 aliphatic carbocycles. The van der Waals surface area contributed by atoms with Crippen LogP contribution in [0.15, 0.2) is 12.1 Å². The van der Waals surface area contributed by atoms with Gasteiger partial charge in [0.05, 0.1) is 5.69 Å². The molecule has 2 amide bonds. The molecule has 1 fully saturated rings. The van der Waals surface area contributed by atoms with Crippen LogP contribution in [-0.2, 0) is 9.53 Å². The predicted molar refractivity (Wildman–Crippen MR) is 105 cm³/mol. The maximum absolute atomic E-state index is 12.7. The van der Waals surface area contributed by atoms with Crippen molar-refractivity contribution in [3.8, 4) is 0 Å². The average molecular weight is 395 g/mol. The van der Waals surface area contributed by atoms with Gasteiger partial charge < -0.3 is 19.4 Å². The molecular formula is C19H27ClN4O3. The van der Waals surface area contributed by atoms with Crippen molar-refractivity contribution >= 4 is 35.1 Å². The van der Waals surface area contributed by atoms with Crippen molar-refractivity contribution in [2.24, 2.45) is 0 Å². The highest BCUT2D eigenvalue weighted by Crippen LogP contribution is 2.38. The van der Waals surface area contributed by atoms with Crippen molar-refractivity contribution in [2.45, 2.75) is 58.2 Å². The fraction of sp³-hybridized carbons (Fsp3) is 0.632. The lowest BCUT2D eigenvalue weighted by Gasteiger charge is -2.46. The van der Waals surface area contributed by atoms with Gasteiger partial charge in [-0.3, -0.25) is 4.79 Å². The van der Waals surface area contributed by atoms with Crippen LogP contribution in [-0.4, -0.2) is 59.7 Å². The summed E-state index contributed by atoms with van der Waals surface area (Å²) in [6.45, 7) is 8.65. The second kappa shape index (κ2) is 7.19. The van der Waals surface area contributed by atoms with Gasteiger partial charge in [0.1, 0.15) is 16.8 Å². The molecule has 2 aliphatic heterocycles. The quantitative estimate of drug-likeness (QED) is 0.683. The predicted octanol–water partition coefficient (Wildman–Crippen LogP) is 3.31. The lowest BCUT2D eigenvalue weighted by molar-refractivity contribution is -0.119. The topological polar surface area (TPSA) is 66.0 Å². The molecule has 0 bridgehead atoms. The number of likely N-dealkylation sites (tertiary alicyclic amines) is 1. The van der Waals surface area contributed by atoms with E-state index in [4.69, 9.17) is 16.3 Å². The number of anilines is 2. The van der Waals surface area contributed by atoms with Gasteiger partial charge >= 0.3 is 6.09 Å². The first-order valence-electron chi connectivity index (χ1n) is 9.29. The van der Waals surface area contributed by atoms with Crippen molar-refractivity contribution < 1.29 is 14.3 Å². The maximum atomic E-state index is 12.7. The summed E-state index contributed by atoms with van der Waals surface area (Å²) >= 11 is 6.13. The first-order chi connectivity index (χ1) is 12.6. The minimum absolute atomic E-state index is 0.0289. The van der Waals surface area contributed by atoms with Gasteiger partial charge in [-0.1, -0.05) is 11.6 Å². The molecule has 27 heavy (non-hydrogen) atoms. The number of likely N-dealkylation sites (N-methyl/N-ethyl adjacent to an activating group) is 1. The minimum Gasteiger partial charge on any atom is -0.444 e. The van der Waals surface area contributed by atoms with E-state index in [1.54, 1.807) is 22.9 Å². The van der Waals surface area contributed by atoms with Crippen LogP contribution < -0.4 is 9.80 Å². The van der Waals surface area contributed by atoms with Crippen molar-refractivity contribution in [1.29, 1.82) is 0 Å². The van der Waals surface area contributed by atoms with E-state index in [0.717, 1.165) is 24.3 Å². The van der Waals surface area contributed by atoms with Gasteiger partial charge in [0.25, 0.3) is 0 Å². The van der Waals surface area contributed by atoms with Gasteiger partial charge in [-0.25, -0.2) is 9.78 Å². The summed E-state index contributed by atoms with van der Waals surface area (Å²) in [5, 5.41) is 0.403. The molecule has 7 nitrogen and oxygen atoms in total. The van der Waals surface area contributed by atoms with E-state index < -0.39 is 5.60 Å². The smallest absolute Gasteiger partial charge is 0.410 e. The molecule has 0 spiro atoms. The van der Waals surface area contributed by atoms with E-state index >= 15 is 0 Å². The van der Waals surface area contributed by atoms with E-state index in [1.807, 2.05) is 33.8 Å². The molecule has 0 radical (unpaired) electrons. The van der Waals surface area contributed by atoms with Gasteiger partial charge in [-0.15, -0.1) is 0 Å². The SMILES string of the molecule is CC1C(=O)N(C)c2ccc(Cl)nc2N1C1CCN(C(=O)OC(C)(C)C)CC1. The summed E-state index contributed by atoms with van der Waals surface area (Å²) in [6, 6.07) is 3.31. The molecular weight excluding hydrogens is 368 g/mol. The van der Waals surface area contributed by atoms with Gasteiger partial charge in [-0.05, 0) is 52.7 Å². The summed E-state index contributed by atoms with van der Waals surface area (Å²) in [4.78, 5) is 34.9. The summed E-state index contributed by atoms with van der Waals surface area (Å²) < 4.78 is 5.46. The minimum atomic E-state index is -0.508. The molecule has 3 rings (SSSR count). The fourth-order valence-electron chi connectivity index (χ4n) is 3.71. The summed E-state index contributed by atoms with van der Waals surface area (Å²) in [6.07, 6.45) is 1.20. The van der Waals surface area contributed by atoms with Crippen LogP contribution in [0.3, 0.4) is 0 Å². The Labute approximate surface area is 165 Å². The standard InChI is InChI=1S/C19H27ClN4O3/c1-12-17(25)22(5)14-6-7-15(20)21-16(14)24(12)13-8-10-23(11-9-13)18(26)27-19(2,3)4/h6-7,12-13H,8-11H2,1-5H3. The van der Waals surface area contributed by atoms with Crippen LogP contribution in [0.2, 0.25) is 5.15 Å². The van der Waals surface area contributed by atoms with Crippen LogP contribution >= 0.6 is 11.6 Å². The molecule has 0 saturated carbocycles. The number of hydrogen-bond acceptors (Lipinski definition) is 5. The van der Waals surface area contributed by atoms with E-state index in [9.17, 15) is 9.59 Å². The Bertz CT molecular complexity index is 741. The molecule has 0 aromatic carbocycles. The summed E-state index contributed by atoms with van der Waals surface area (Å²) in [5.74, 6) is 0.758. The molecule has 8 heteroatoms. The second-order valence-electron chi connectivity index (χ2n) is 8.16. The van der Waals surface area contributed by atoms with E-state index in [2.05, 4.69) is 9.88 Å². The number of fused-ring (bicyclic) bond motifs is 1. The van der Waals surface area contributed by atoms with Crippen LogP contribution in [0.1, 0.15) is 40.5 Å². The van der Waals surface area contributed by atoms with Crippen LogP contribution in [0.5, 0.6) is 0 Å². The summed E-state index contributed by atoms with van der Waals surface area (Å²) in [7, 11) is 1.76. The molecule has 1 unspecified atom stereocenters. The zero-order chi connectivity index (χ0) is 19.9. The first-order valence-corrected chi connectivity index (χ1v) is 9.66. The molecule has 148 valence electrons. The molecule has 1 aromatic rings. The van der Waals surface area contributed by atoms with Crippen LogP contribution in [0, 0.1) is 0 Å². The molecule has 1 saturated heterocycles. The van der Waals surface area contributed by atoms with Gasteiger partial charge in [0.15, 0.2) is 5.82 Å². The number of halogens is 1. The second-order valence-corrected chi connectivity index (χ2v) is 8.54. The third-order valence-electron chi connectivity index (χ3n) is 5.04. The van der Waals surface area contributed by atoms with Crippen molar-refractivity contribution in [3.63, 3.8) is 0 Å². The number of pyridine rings is 1. The lowest BCUT2D eigenvalue weighted by atomic mass is 9.99. The fourth-order valence-corrected chi connectivity index (χ4v) is 3.86. The van der Waals surface area contributed by atoms with E-state index in [-0.39, 0.29) is 24.1 Å². The third kappa shape index (κ3) is 3.98. The largest absolute Gasteiger partial charge is 0.444 e. The van der Waals surface area contributed by atoms with Gasteiger partial charge in [-0.2, -0.15) is 0 Å². The average Bonchev–Trinajstić information content (AvgIpc) is 2.59. The third-order valence-corrected chi connectivity index (χ3v) is 5.25. The number of amides is 2. The highest BCUT2D eigenvalue weighted by molar-refractivity contribution is 6.29. The Morgan fingerprint density at radius 2 is 1.89 bits per heavy atom. The monoisotopic (exact) mass is 394 g/mol. The van der Waals surface area contributed by atoms with E-state index in [0.29, 0.717) is 18.2 Å².